The lowest BCUT2D eigenvalue weighted by Crippen LogP contribution is -2.26. The summed E-state index contributed by atoms with van der Waals surface area (Å²) in [4.78, 5) is 11.3. The summed E-state index contributed by atoms with van der Waals surface area (Å²) in [7, 11) is 0. The van der Waals surface area contributed by atoms with Crippen LogP contribution in [-0.2, 0) is 4.79 Å². The highest BCUT2D eigenvalue weighted by Crippen LogP contribution is 2.00. The van der Waals surface area contributed by atoms with E-state index in [1.807, 2.05) is 37.3 Å². The smallest absolute Gasteiger partial charge is 0.220 e. The number of hydrogen-bond donors (Lipinski definition) is 4. The summed E-state index contributed by atoms with van der Waals surface area (Å²) < 4.78 is 0. The van der Waals surface area contributed by atoms with Crippen LogP contribution < -0.4 is 5.32 Å². The van der Waals surface area contributed by atoms with Crippen LogP contribution in [0.3, 0.4) is 0 Å². The van der Waals surface area contributed by atoms with Gasteiger partial charge in [-0.15, -0.1) is 0 Å². The van der Waals surface area contributed by atoms with Crippen molar-refractivity contribution in [1.29, 1.82) is 0 Å². The Kier molecular flexibility index (Phi) is 19.0. The normalized spacial score (nSPS) is 15.0. The lowest BCUT2D eigenvalue weighted by molar-refractivity contribution is -0.121. The first-order valence-corrected chi connectivity index (χ1v) is 10.3. The largest absolute Gasteiger partial charge is 0.395 e. The van der Waals surface area contributed by atoms with Crippen molar-refractivity contribution in [3.05, 3.63) is 72.9 Å². The van der Waals surface area contributed by atoms with Gasteiger partial charge in [-0.05, 0) is 32.1 Å². The standard InChI is InChI=1S/C24H37NO4/c1-2-22(27)16-14-12-10-8-6-4-3-5-7-9-11-13-15-17-23(28)18-19-24(29)25-20-21-26/h4,6-7,9-17,22-23,26-28H,2-3,5,8,18-21H2,1H3,(H,25,29)/b6-4-,9-7-,12-10-,13-11-,16-14+,17-15+. The number of aliphatic hydroxyl groups is 3. The van der Waals surface area contributed by atoms with E-state index in [-0.39, 0.29) is 31.6 Å². The summed E-state index contributed by atoms with van der Waals surface area (Å²) in [6, 6.07) is 0. The first kappa shape index (κ1) is 26.8. The molecule has 0 aromatic carbocycles. The van der Waals surface area contributed by atoms with E-state index in [2.05, 4.69) is 29.6 Å². The maximum Gasteiger partial charge on any atom is 0.220 e. The van der Waals surface area contributed by atoms with E-state index >= 15 is 0 Å². The van der Waals surface area contributed by atoms with Gasteiger partial charge < -0.3 is 20.6 Å². The second-order valence-corrected chi connectivity index (χ2v) is 6.45. The lowest BCUT2D eigenvalue weighted by atomic mass is 10.1. The van der Waals surface area contributed by atoms with Crippen LogP contribution in [0.15, 0.2) is 72.9 Å². The van der Waals surface area contributed by atoms with Gasteiger partial charge in [-0.2, -0.15) is 0 Å². The van der Waals surface area contributed by atoms with Gasteiger partial charge in [-0.25, -0.2) is 0 Å². The molecule has 0 heterocycles. The topological polar surface area (TPSA) is 89.8 Å². The van der Waals surface area contributed by atoms with Crippen molar-refractivity contribution in [2.24, 2.45) is 0 Å². The van der Waals surface area contributed by atoms with Crippen LogP contribution in [0.2, 0.25) is 0 Å². The molecule has 0 bridgehead atoms. The van der Waals surface area contributed by atoms with Crippen molar-refractivity contribution in [2.45, 2.75) is 57.7 Å². The fourth-order valence-corrected chi connectivity index (χ4v) is 2.13. The van der Waals surface area contributed by atoms with Crippen molar-refractivity contribution < 1.29 is 20.1 Å². The summed E-state index contributed by atoms with van der Waals surface area (Å²) in [5.74, 6) is -0.168. The zero-order chi connectivity index (χ0) is 21.6. The SMILES string of the molecule is CCC(O)/C=C/C=C\C/C=C\CC\C=C/C=C\C=C\C(O)CCC(=O)NCCO. The van der Waals surface area contributed by atoms with Crippen molar-refractivity contribution in [1.82, 2.24) is 5.32 Å². The van der Waals surface area contributed by atoms with Crippen LogP contribution in [0, 0.1) is 0 Å². The van der Waals surface area contributed by atoms with Crippen LogP contribution in [0.5, 0.6) is 0 Å². The molecule has 1 amide bonds. The van der Waals surface area contributed by atoms with Crippen molar-refractivity contribution in [3.63, 3.8) is 0 Å². The molecule has 0 aromatic rings. The number of aliphatic hydroxyl groups excluding tert-OH is 3. The summed E-state index contributed by atoms with van der Waals surface area (Å²) in [6.07, 6.45) is 26.3. The molecule has 29 heavy (non-hydrogen) atoms. The van der Waals surface area contributed by atoms with E-state index in [1.54, 1.807) is 18.2 Å². The summed E-state index contributed by atoms with van der Waals surface area (Å²) in [5, 5.41) is 30.3. The first-order valence-electron chi connectivity index (χ1n) is 10.3. The highest BCUT2D eigenvalue weighted by Gasteiger charge is 2.04. The van der Waals surface area contributed by atoms with Crippen molar-refractivity contribution in [2.75, 3.05) is 13.2 Å². The van der Waals surface area contributed by atoms with Crippen LogP contribution in [0.4, 0.5) is 0 Å². The minimum Gasteiger partial charge on any atom is -0.395 e. The molecule has 0 saturated heterocycles. The van der Waals surface area contributed by atoms with Gasteiger partial charge in [0, 0.05) is 13.0 Å². The molecule has 0 rings (SSSR count). The second kappa shape index (κ2) is 20.5. The van der Waals surface area contributed by atoms with Crippen LogP contribution in [-0.4, -0.2) is 46.6 Å². The minimum atomic E-state index is -0.658. The van der Waals surface area contributed by atoms with E-state index in [4.69, 9.17) is 5.11 Å². The van der Waals surface area contributed by atoms with E-state index < -0.39 is 6.10 Å². The molecule has 2 unspecified atom stereocenters. The maximum absolute atomic E-state index is 11.3. The molecule has 5 heteroatoms. The number of carbonyl (C=O) groups is 1. The third kappa shape index (κ3) is 20.3. The number of rotatable bonds is 16. The summed E-state index contributed by atoms with van der Waals surface area (Å²) in [5.41, 5.74) is 0. The lowest BCUT2D eigenvalue weighted by Gasteiger charge is -2.05. The van der Waals surface area contributed by atoms with Gasteiger partial charge in [0.15, 0.2) is 0 Å². The fourth-order valence-electron chi connectivity index (χ4n) is 2.13. The van der Waals surface area contributed by atoms with Gasteiger partial charge in [0.05, 0.1) is 18.8 Å². The number of allylic oxidation sites excluding steroid dienone is 10. The third-order valence-electron chi connectivity index (χ3n) is 3.84. The molecule has 4 N–H and O–H groups in total. The molecule has 0 aromatic heterocycles. The maximum atomic E-state index is 11.3. The average molecular weight is 404 g/mol. The number of nitrogens with one attached hydrogen (secondary N) is 1. The van der Waals surface area contributed by atoms with Crippen LogP contribution in [0.25, 0.3) is 0 Å². The van der Waals surface area contributed by atoms with Crippen molar-refractivity contribution in [3.8, 4) is 0 Å². The number of unbranched alkanes of at least 4 members (excludes halogenated alkanes) is 1. The molecular weight excluding hydrogens is 366 g/mol. The van der Waals surface area contributed by atoms with Gasteiger partial charge in [0.25, 0.3) is 0 Å². The Balaban J connectivity index is 3.76. The first-order chi connectivity index (χ1) is 14.1. The number of carbonyl (C=O) groups excluding carboxylic acids is 1. The molecule has 0 aliphatic carbocycles. The minimum absolute atomic E-state index is 0.0798. The van der Waals surface area contributed by atoms with E-state index in [9.17, 15) is 15.0 Å². The number of amides is 1. The molecule has 2 atom stereocenters. The van der Waals surface area contributed by atoms with Crippen molar-refractivity contribution >= 4 is 5.91 Å². The molecule has 162 valence electrons. The summed E-state index contributed by atoms with van der Waals surface area (Å²) in [6.45, 7) is 2.11. The second-order valence-electron chi connectivity index (χ2n) is 6.45. The van der Waals surface area contributed by atoms with E-state index in [1.165, 1.54) is 0 Å². The third-order valence-corrected chi connectivity index (χ3v) is 3.84. The Hall–Kier alpha value is -2.21. The van der Waals surface area contributed by atoms with Gasteiger partial charge in [-0.1, -0.05) is 79.8 Å². The fraction of sp³-hybridized carbons (Fsp3) is 0.458. The van der Waals surface area contributed by atoms with Crippen LogP contribution in [0.1, 0.15) is 45.4 Å². The zero-order valence-electron chi connectivity index (χ0n) is 17.5. The number of hydrogen-bond acceptors (Lipinski definition) is 4. The average Bonchev–Trinajstić information content (AvgIpc) is 2.73. The summed E-state index contributed by atoms with van der Waals surface area (Å²) >= 11 is 0. The molecule has 0 fully saturated rings. The molecule has 5 nitrogen and oxygen atoms in total. The van der Waals surface area contributed by atoms with Gasteiger partial charge in [0.1, 0.15) is 0 Å². The monoisotopic (exact) mass is 403 g/mol. The predicted molar refractivity (Wildman–Crippen MR) is 120 cm³/mol. The molecule has 0 saturated carbocycles. The molecular formula is C24H37NO4. The zero-order valence-corrected chi connectivity index (χ0v) is 17.5. The Labute approximate surface area is 175 Å². The predicted octanol–water partition coefficient (Wildman–Crippen LogP) is 3.51. The highest BCUT2D eigenvalue weighted by atomic mass is 16.3. The molecule has 0 spiro atoms. The Morgan fingerprint density at radius 3 is 2.28 bits per heavy atom. The van der Waals surface area contributed by atoms with Gasteiger partial charge in [0.2, 0.25) is 5.91 Å². The molecule has 0 aliphatic heterocycles. The van der Waals surface area contributed by atoms with E-state index in [0.717, 1.165) is 25.7 Å². The quantitative estimate of drug-likeness (QED) is 0.180. The Bertz CT molecular complexity index is 573. The van der Waals surface area contributed by atoms with Crippen LogP contribution >= 0.6 is 0 Å². The van der Waals surface area contributed by atoms with E-state index in [0.29, 0.717) is 6.42 Å². The van der Waals surface area contributed by atoms with Gasteiger partial charge >= 0.3 is 0 Å². The molecule has 0 radical (unpaired) electrons. The Morgan fingerprint density at radius 2 is 1.52 bits per heavy atom. The molecule has 0 aliphatic rings. The highest BCUT2D eigenvalue weighted by molar-refractivity contribution is 5.75. The van der Waals surface area contributed by atoms with Gasteiger partial charge in [-0.3, -0.25) is 4.79 Å². The Morgan fingerprint density at radius 1 is 0.862 bits per heavy atom.